The van der Waals surface area contributed by atoms with Crippen molar-refractivity contribution >= 4 is 49.3 Å². The molecule has 0 saturated carbocycles. The summed E-state index contributed by atoms with van der Waals surface area (Å²) >= 11 is 0. The molecule has 0 aliphatic rings. The first-order valence-electron chi connectivity index (χ1n) is 21.3. The number of para-hydroxylation sites is 3. The van der Waals surface area contributed by atoms with Crippen molar-refractivity contribution in [3.63, 3.8) is 0 Å². The van der Waals surface area contributed by atoms with E-state index in [1.165, 1.54) is 10.8 Å². The zero-order valence-corrected chi connectivity index (χ0v) is 34.5. The summed E-state index contributed by atoms with van der Waals surface area (Å²) in [7, 11) is 0. The quantitative estimate of drug-likeness (QED) is 0.151. The molecule has 9 aromatic carbocycles. The van der Waals surface area contributed by atoms with Crippen LogP contribution in [0.2, 0.25) is 0 Å². The van der Waals surface area contributed by atoms with Crippen LogP contribution in [-0.4, -0.2) is 24.1 Å². The van der Waals surface area contributed by atoms with Crippen LogP contribution >= 0.6 is 0 Å². The molecule has 3 heterocycles. The van der Waals surface area contributed by atoms with Crippen molar-refractivity contribution in [2.24, 2.45) is 0 Å². The monoisotopic (exact) mass is 816 g/mol. The lowest BCUT2D eigenvalue weighted by atomic mass is 9.96. The first-order chi connectivity index (χ1) is 31.7. The van der Waals surface area contributed by atoms with Gasteiger partial charge in [-0.05, 0) is 76.9 Å². The van der Waals surface area contributed by atoms with Gasteiger partial charge in [0.1, 0.15) is 0 Å². The summed E-state index contributed by atoms with van der Waals surface area (Å²) in [5.41, 5.74) is 13.9. The molecule has 0 unspecified atom stereocenters. The van der Waals surface area contributed by atoms with Crippen LogP contribution < -0.4 is 0 Å². The third kappa shape index (κ3) is 6.14. The Hall–Kier alpha value is -8.92. The first-order valence-corrected chi connectivity index (χ1v) is 21.3. The molecule has 0 aliphatic heterocycles. The summed E-state index contributed by atoms with van der Waals surface area (Å²) in [5.74, 6) is 1.76. The number of benzene rings is 9. The highest BCUT2D eigenvalue weighted by Crippen LogP contribution is 2.43. The van der Waals surface area contributed by atoms with E-state index in [0.29, 0.717) is 23.2 Å². The van der Waals surface area contributed by atoms with Crippen LogP contribution in [0.15, 0.2) is 218 Å². The van der Waals surface area contributed by atoms with Gasteiger partial charge in [-0.2, -0.15) is 0 Å². The lowest BCUT2D eigenvalue weighted by Crippen LogP contribution is -2.04. The maximum atomic E-state index is 7.71. The third-order valence-corrected chi connectivity index (χ3v) is 12.2. The molecule has 12 aromatic rings. The van der Waals surface area contributed by atoms with Gasteiger partial charge >= 0.3 is 0 Å². The van der Waals surface area contributed by atoms with Crippen LogP contribution in [0.3, 0.4) is 0 Å². The Labute approximate surface area is 369 Å². The maximum Gasteiger partial charge on any atom is 0.187 e. The van der Waals surface area contributed by atoms with Crippen LogP contribution in [0.5, 0.6) is 0 Å². The molecule has 6 heteroatoms. The molecule has 0 amide bonds. The van der Waals surface area contributed by atoms with Crippen LogP contribution in [0.1, 0.15) is 0 Å². The minimum Gasteiger partial charge on any atom is -0.309 e. The zero-order chi connectivity index (χ0) is 42.6. The van der Waals surface area contributed by atoms with Crippen LogP contribution in [-0.2, 0) is 0 Å². The van der Waals surface area contributed by atoms with Crippen molar-refractivity contribution in [3.8, 4) is 67.8 Å². The normalized spacial score (nSPS) is 11.4. The Kier molecular flexibility index (Phi) is 8.77. The number of fused-ring (bicyclic) bond motifs is 6. The van der Waals surface area contributed by atoms with Gasteiger partial charge in [-0.15, -0.1) is 0 Å². The van der Waals surface area contributed by atoms with Crippen molar-refractivity contribution in [2.45, 2.75) is 0 Å². The van der Waals surface area contributed by atoms with Crippen LogP contribution in [0, 0.1) is 6.57 Å². The molecule has 0 radical (unpaired) electrons. The minimum absolute atomic E-state index is 0.565. The second kappa shape index (κ2) is 15.2. The molecule has 64 heavy (non-hydrogen) atoms. The van der Waals surface area contributed by atoms with E-state index >= 15 is 0 Å². The van der Waals surface area contributed by atoms with Gasteiger partial charge in [0.25, 0.3) is 0 Å². The van der Waals surface area contributed by atoms with E-state index in [-0.39, 0.29) is 0 Å². The Bertz CT molecular complexity index is 3730. The Morgan fingerprint density at radius 3 is 1.61 bits per heavy atom. The number of hydrogen-bond donors (Lipinski definition) is 0. The van der Waals surface area contributed by atoms with E-state index in [0.717, 1.165) is 83.2 Å². The van der Waals surface area contributed by atoms with Gasteiger partial charge < -0.3 is 9.13 Å². The standard InChI is InChI=1S/C58H36N6/c1-59-43-22-15-21-40(35-43)41-31-33-47-46-25-11-13-28-50(46)64(54(47)37-41)52-34-32-42(45-27-16-30-53-55(45)48-26-12-14-29-51(48)63(53)44-23-9-4-10-24-44)36-49(52)58-61-56(38-17-5-2-6-18-38)60-57(62-58)39-19-7-3-8-20-39/h2-37H. The lowest BCUT2D eigenvalue weighted by Gasteiger charge is -2.17. The van der Waals surface area contributed by atoms with Crippen LogP contribution in [0.25, 0.3) is 116 Å². The van der Waals surface area contributed by atoms with Gasteiger partial charge in [-0.25, -0.2) is 19.8 Å². The second-order valence-electron chi connectivity index (χ2n) is 15.9. The zero-order valence-electron chi connectivity index (χ0n) is 34.5. The summed E-state index contributed by atoms with van der Waals surface area (Å²) in [6.45, 7) is 7.71. The fourth-order valence-electron chi connectivity index (χ4n) is 9.29. The molecule has 6 nitrogen and oxygen atoms in total. The van der Waals surface area contributed by atoms with Crippen molar-refractivity contribution in [3.05, 3.63) is 230 Å². The topological polar surface area (TPSA) is 52.9 Å². The molecule has 0 spiro atoms. The predicted molar refractivity (Wildman–Crippen MR) is 262 cm³/mol. The summed E-state index contributed by atoms with van der Waals surface area (Å²) in [6.07, 6.45) is 0. The van der Waals surface area contributed by atoms with Crippen molar-refractivity contribution < 1.29 is 0 Å². The van der Waals surface area contributed by atoms with E-state index in [4.69, 9.17) is 21.5 Å². The SMILES string of the molecule is [C-]#[N+]c1cccc(-c2ccc3c4ccccc4n(-c4ccc(-c5cccc6c5c5ccccc5n6-c5ccccc5)cc4-c4nc(-c5ccccc5)nc(-c5ccccc5)n4)c3c2)c1. The molecule has 0 bridgehead atoms. The predicted octanol–water partition coefficient (Wildman–Crippen LogP) is 15.0. The largest absolute Gasteiger partial charge is 0.309 e. The van der Waals surface area contributed by atoms with Gasteiger partial charge in [0.15, 0.2) is 23.2 Å². The molecule has 0 aliphatic carbocycles. The molecule has 3 aromatic heterocycles. The average molecular weight is 817 g/mol. The Morgan fingerprint density at radius 1 is 0.344 bits per heavy atom. The summed E-state index contributed by atoms with van der Waals surface area (Å²) < 4.78 is 4.71. The van der Waals surface area contributed by atoms with E-state index in [9.17, 15) is 0 Å². The van der Waals surface area contributed by atoms with Crippen molar-refractivity contribution in [2.75, 3.05) is 0 Å². The molecule has 12 rings (SSSR count). The average Bonchev–Trinajstić information content (AvgIpc) is 3.89. The highest BCUT2D eigenvalue weighted by atomic mass is 15.1. The molecule has 0 N–H and O–H groups in total. The summed E-state index contributed by atoms with van der Waals surface area (Å²) in [5, 5.41) is 4.62. The molecular weight excluding hydrogens is 781 g/mol. The van der Waals surface area contributed by atoms with Crippen LogP contribution in [0.4, 0.5) is 5.69 Å². The fourth-order valence-corrected chi connectivity index (χ4v) is 9.29. The fraction of sp³-hybridized carbons (Fsp3) is 0. The van der Waals surface area contributed by atoms with Gasteiger partial charge in [0.05, 0.1) is 34.3 Å². The highest BCUT2D eigenvalue weighted by Gasteiger charge is 2.22. The molecule has 0 atom stereocenters. The maximum absolute atomic E-state index is 7.71. The molecule has 0 saturated heterocycles. The van der Waals surface area contributed by atoms with E-state index in [1.807, 2.05) is 78.9 Å². The Balaban J connectivity index is 1.17. The Morgan fingerprint density at radius 2 is 0.891 bits per heavy atom. The molecule has 298 valence electrons. The van der Waals surface area contributed by atoms with Gasteiger partial charge in [0.2, 0.25) is 0 Å². The second-order valence-corrected chi connectivity index (χ2v) is 15.9. The van der Waals surface area contributed by atoms with Gasteiger partial charge in [-0.1, -0.05) is 164 Å². The summed E-state index contributed by atoms with van der Waals surface area (Å²) in [6, 6.07) is 75.8. The van der Waals surface area contributed by atoms with E-state index in [1.54, 1.807) is 0 Å². The number of aromatic nitrogens is 5. The molecule has 0 fully saturated rings. The first kappa shape index (κ1) is 36.9. The lowest BCUT2D eigenvalue weighted by molar-refractivity contribution is 1.06. The highest BCUT2D eigenvalue weighted by molar-refractivity contribution is 6.16. The van der Waals surface area contributed by atoms with Gasteiger partial charge in [-0.3, -0.25) is 0 Å². The van der Waals surface area contributed by atoms with Crippen molar-refractivity contribution in [1.29, 1.82) is 0 Å². The summed E-state index contributed by atoms with van der Waals surface area (Å²) in [4.78, 5) is 19.5. The third-order valence-electron chi connectivity index (χ3n) is 12.2. The number of nitrogens with zero attached hydrogens (tertiary/aromatic N) is 6. The van der Waals surface area contributed by atoms with Crippen molar-refractivity contribution in [1.82, 2.24) is 24.1 Å². The smallest absolute Gasteiger partial charge is 0.187 e. The van der Waals surface area contributed by atoms with Gasteiger partial charge in [0, 0.05) is 43.9 Å². The van der Waals surface area contributed by atoms with E-state index in [2.05, 4.69) is 154 Å². The minimum atomic E-state index is 0.565. The van der Waals surface area contributed by atoms with E-state index < -0.39 is 0 Å². The molecular formula is C58H36N6. The number of rotatable bonds is 7. The number of hydrogen-bond acceptors (Lipinski definition) is 3.